The van der Waals surface area contributed by atoms with Crippen molar-refractivity contribution < 1.29 is 13.2 Å². The number of hydrogen-bond acceptors (Lipinski definition) is 7. The van der Waals surface area contributed by atoms with Crippen LogP contribution in [0.5, 0.6) is 0 Å². The molecule has 0 atom stereocenters. The molecule has 0 bridgehead atoms. The normalized spacial score (nSPS) is 20.6. The first kappa shape index (κ1) is 20.6. The van der Waals surface area contributed by atoms with Gasteiger partial charge in [0.1, 0.15) is 15.9 Å². The van der Waals surface area contributed by atoms with Crippen LogP contribution in [-0.4, -0.2) is 71.0 Å². The minimum atomic E-state index is -3.63. The van der Waals surface area contributed by atoms with Crippen LogP contribution < -0.4 is 5.32 Å². The summed E-state index contributed by atoms with van der Waals surface area (Å²) in [4.78, 5) is 14.7. The molecule has 2 heterocycles. The Kier molecular flexibility index (Phi) is 6.43. The van der Waals surface area contributed by atoms with Crippen molar-refractivity contribution in [2.75, 3.05) is 32.7 Å². The molecule has 1 N–H and O–H groups in total. The summed E-state index contributed by atoms with van der Waals surface area (Å²) in [6, 6.07) is 5.35. The smallest absolute Gasteiger partial charge is 0.245 e. The SMILES string of the molecule is O=C(CN1CCN(S(=O)(=O)c2cccc3nsnc23)CC1)NC1CCCCCC1. The molecule has 2 aliphatic rings. The van der Waals surface area contributed by atoms with Gasteiger partial charge in [-0.2, -0.15) is 13.1 Å². The highest BCUT2D eigenvalue weighted by atomic mass is 32.2. The fourth-order valence-corrected chi connectivity index (χ4v) is 6.33. The third-order valence-electron chi connectivity index (χ3n) is 5.79. The lowest BCUT2D eigenvalue weighted by atomic mass is 10.1. The molecule has 1 saturated carbocycles. The molecule has 1 saturated heterocycles. The van der Waals surface area contributed by atoms with Crippen LogP contribution in [0.1, 0.15) is 38.5 Å². The van der Waals surface area contributed by atoms with Crippen LogP contribution in [0.2, 0.25) is 0 Å². The molecule has 1 aliphatic heterocycles. The summed E-state index contributed by atoms with van der Waals surface area (Å²) in [5.74, 6) is 0.0477. The van der Waals surface area contributed by atoms with Crippen LogP contribution in [0, 0.1) is 0 Å². The molecular formula is C19H27N5O3S2. The summed E-state index contributed by atoms with van der Waals surface area (Å²) in [7, 11) is -3.63. The average molecular weight is 438 g/mol. The molecule has 10 heteroatoms. The molecule has 1 aliphatic carbocycles. The van der Waals surface area contributed by atoms with E-state index in [2.05, 4.69) is 14.1 Å². The van der Waals surface area contributed by atoms with Crippen LogP contribution in [0.25, 0.3) is 11.0 Å². The van der Waals surface area contributed by atoms with E-state index in [1.54, 1.807) is 18.2 Å². The van der Waals surface area contributed by atoms with Crippen LogP contribution in [0.4, 0.5) is 0 Å². The van der Waals surface area contributed by atoms with E-state index in [0.717, 1.165) is 24.6 Å². The Balaban J connectivity index is 1.33. The summed E-state index contributed by atoms with van der Waals surface area (Å²) in [6.45, 7) is 2.15. The standard InChI is InChI=1S/C19H27N5O3S2/c25-18(20-15-6-3-1-2-4-7-15)14-23-10-12-24(13-11-23)29(26,27)17-9-5-8-16-19(17)22-28-21-16/h5,8-9,15H,1-4,6-7,10-14H2,(H,20,25). The molecule has 0 spiro atoms. The minimum Gasteiger partial charge on any atom is -0.352 e. The lowest BCUT2D eigenvalue weighted by Gasteiger charge is -2.33. The maximum Gasteiger partial charge on any atom is 0.245 e. The second-order valence-corrected chi connectivity index (χ2v) is 10.3. The zero-order valence-corrected chi connectivity index (χ0v) is 18.1. The van der Waals surface area contributed by atoms with Gasteiger partial charge in [0.05, 0.1) is 18.3 Å². The predicted octanol–water partition coefficient (Wildman–Crippen LogP) is 1.84. The molecule has 2 aromatic rings. The van der Waals surface area contributed by atoms with Gasteiger partial charge in [-0.25, -0.2) is 8.42 Å². The quantitative estimate of drug-likeness (QED) is 0.717. The molecule has 0 radical (unpaired) electrons. The van der Waals surface area contributed by atoms with Gasteiger partial charge in [-0.15, -0.1) is 0 Å². The molecule has 1 aromatic heterocycles. The molecule has 4 rings (SSSR count). The van der Waals surface area contributed by atoms with Crippen molar-refractivity contribution in [1.82, 2.24) is 23.3 Å². The van der Waals surface area contributed by atoms with Crippen molar-refractivity contribution in [3.05, 3.63) is 18.2 Å². The summed E-state index contributed by atoms with van der Waals surface area (Å²) in [5, 5.41) is 3.16. The molecule has 2 fully saturated rings. The first-order chi connectivity index (χ1) is 14.0. The fraction of sp³-hybridized carbons (Fsp3) is 0.632. The Morgan fingerprint density at radius 3 is 2.52 bits per heavy atom. The number of amides is 1. The predicted molar refractivity (Wildman–Crippen MR) is 112 cm³/mol. The Morgan fingerprint density at radius 1 is 1.07 bits per heavy atom. The number of nitrogens with zero attached hydrogens (tertiary/aromatic N) is 4. The lowest BCUT2D eigenvalue weighted by Crippen LogP contribution is -2.51. The monoisotopic (exact) mass is 437 g/mol. The Hall–Kier alpha value is -1.62. The van der Waals surface area contributed by atoms with Crippen LogP contribution in [0.15, 0.2) is 23.1 Å². The number of nitrogens with one attached hydrogen (secondary N) is 1. The van der Waals surface area contributed by atoms with E-state index < -0.39 is 10.0 Å². The van der Waals surface area contributed by atoms with E-state index in [4.69, 9.17) is 0 Å². The van der Waals surface area contributed by atoms with E-state index in [1.807, 2.05) is 4.90 Å². The number of aromatic nitrogens is 2. The van der Waals surface area contributed by atoms with Crippen molar-refractivity contribution in [3.63, 3.8) is 0 Å². The maximum absolute atomic E-state index is 13.1. The molecule has 1 aromatic carbocycles. The largest absolute Gasteiger partial charge is 0.352 e. The van der Waals surface area contributed by atoms with Gasteiger partial charge < -0.3 is 5.32 Å². The first-order valence-corrected chi connectivity index (χ1v) is 12.4. The van der Waals surface area contributed by atoms with Crippen molar-refractivity contribution in [3.8, 4) is 0 Å². The van der Waals surface area contributed by atoms with Gasteiger partial charge in [-0.05, 0) is 25.0 Å². The number of carbonyl (C=O) groups excluding carboxylic acids is 1. The Morgan fingerprint density at radius 2 is 1.79 bits per heavy atom. The van der Waals surface area contributed by atoms with E-state index in [9.17, 15) is 13.2 Å². The number of piperazine rings is 1. The van der Waals surface area contributed by atoms with Crippen LogP contribution in [0.3, 0.4) is 0 Å². The number of benzene rings is 1. The number of fused-ring (bicyclic) bond motifs is 1. The summed E-state index contributed by atoms with van der Waals surface area (Å²) in [5.41, 5.74) is 1.03. The maximum atomic E-state index is 13.1. The molecule has 8 nitrogen and oxygen atoms in total. The summed E-state index contributed by atoms with van der Waals surface area (Å²) in [6.07, 6.45) is 7.01. The second kappa shape index (κ2) is 9.03. The van der Waals surface area contributed by atoms with Gasteiger partial charge in [0, 0.05) is 32.2 Å². The van der Waals surface area contributed by atoms with Crippen molar-refractivity contribution in [2.24, 2.45) is 0 Å². The van der Waals surface area contributed by atoms with Gasteiger partial charge in [0.25, 0.3) is 0 Å². The van der Waals surface area contributed by atoms with Gasteiger partial charge >= 0.3 is 0 Å². The van der Waals surface area contributed by atoms with Gasteiger partial charge in [0.2, 0.25) is 15.9 Å². The number of hydrogen-bond donors (Lipinski definition) is 1. The second-order valence-electron chi connectivity index (χ2n) is 7.82. The number of rotatable bonds is 5. The fourth-order valence-electron chi connectivity index (χ4n) is 4.16. The highest BCUT2D eigenvalue weighted by Gasteiger charge is 2.31. The zero-order chi connectivity index (χ0) is 20.3. The molecular weight excluding hydrogens is 410 g/mol. The molecule has 1 amide bonds. The summed E-state index contributed by atoms with van der Waals surface area (Å²) >= 11 is 1.02. The molecule has 158 valence electrons. The highest BCUT2D eigenvalue weighted by molar-refractivity contribution is 7.89. The van der Waals surface area contributed by atoms with Crippen LogP contribution >= 0.6 is 11.7 Å². The summed E-state index contributed by atoms with van der Waals surface area (Å²) < 4.78 is 36.0. The van der Waals surface area contributed by atoms with E-state index >= 15 is 0 Å². The van der Waals surface area contributed by atoms with Crippen LogP contribution in [-0.2, 0) is 14.8 Å². The topological polar surface area (TPSA) is 95.5 Å². The highest BCUT2D eigenvalue weighted by Crippen LogP contribution is 2.25. The molecule has 0 unspecified atom stereocenters. The van der Waals surface area contributed by atoms with Gasteiger partial charge in [-0.3, -0.25) is 9.69 Å². The van der Waals surface area contributed by atoms with Crippen molar-refractivity contribution in [1.29, 1.82) is 0 Å². The van der Waals surface area contributed by atoms with Gasteiger partial charge in [0.15, 0.2) is 0 Å². The van der Waals surface area contributed by atoms with E-state index in [1.165, 1.54) is 30.0 Å². The number of sulfonamides is 1. The Labute approximate surface area is 175 Å². The average Bonchev–Trinajstić information content (AvgIpc) is 3.05. The lowest BCUT2D eigenvalue weighted by molar-refractivity contribution is -0.123. The first-order valence-electron chi connectivity index (χ1n) is 10.3. The third-order valence-corrected chi connectivity index (χ3v) is 8.26. The van der Waals surface area contributed by atoms with Crippen molar-refractivity contribution in [2.45, 2.75) is 49.5 Å². The zero-order valence-electron chi connectivity index (χ0n) is 16.4. The third kappa shape index (κ3) is 4.76. The minimum absolute atomic E-state index is 0.0477. The molecule has 29 heavy (non-hydrogen) atoms. The number of carbonyl (C=O) groups is 1. The van der Waals surface area contributed by atoms with E-state index in [-0.39, 0.29) is 10.8 Å². The van der Waals surface area contributed by atoms with E-state index in [0.29, 0.717) is 49.8 Å². The van der Waals surface area contributed by atoms with Gasteiger partial charge in [-0.1, -0.05) is 31.7 Å². The Bertz CT molecular complexity index is 946. The van der Waals surface area contributed by atoms with Crippen molar-refractivity contribution >= 4 is 38.7 Å².